The Hall–Kier alpha value is -2.19. The molecule has 0 saturated carbocycles. The van der Waals surface area contributed by atoms with Crippen molar-refractivity contribution in [3.63, 3.8) is 0 Å². The van der Waals surface area contributed by atoms with Gasteiger partial charge in [0.05, 0.1) is 24.0 Å². The topological polar surface area (TPSA) is 85.4 Å². The fourth-order valence-corrected chi connectivity index (χ4v) is 4.03. The van der Waals surface area contributed by atoms with Gasteiger partial charge in [-0.3, -0.25) is 14.4 Å². The van der Waals surface area contributed by atoms with Crippen molar-refractivity contribution < 1.29 is 19.1 Å². The van der Waals surface area contributed by atoms with Crippen LogP contribution in [0.25, 0.3) is 0 Å². The molecule has 0 aliphatic rings. The molecule has 1 atom stereocenters. The van der Waals surface area contributed by atoms with Crippen LogP contribution in [-0.4, -0.2) is 34.5 Å². The number of anilines is 1. The van der Waals surface area contributed by atoms with E-state index in [-0.39, 0.29) is 29.3 Å². The summed E-state index contributed by atoms with van der Waals surface area (Å²) in [6.45, 7) is 5.36. The summed E-state index contributed by atoms with van der Waals surface area (Å²) in [6.07, 6.45) is 0.128. The highest BCUT2D eigenvalue weighted by atomic mass is 32.2. The second-order valence-electron chi connectivity index (χ2n) is 5.47. The first kappa shape index (κ1) is 20.1. The van der Waals surface area contributed by atoms with Crippen molar-refractivity contribution in [1.29, 1.82) is 0 Å². The van der Waals surface area contributed by atoms with Crippen LogP contribution in [0.5, 0.6) is 0 Å². The SMILES string of the molecule is CCOC(=O)Cc1csc(S[C@H](C)C(=O)Nc2cccc(C(C)=O)c2)n1. The number of thioether (sulfide) groups is 1. The monoisotopic (exact) mass is 392 g/mol. The first-order valence-electron chi connectivity index (χ1n) is 8.07. The molecule has 1 N–H and O–H groups in total. The maximum absolute atomic E-state index is 12.4. The van der Waals surface area contributed by atoms with E-state index in [0.29, 0.717) is 27.9 Å². The third-order valence-corrected chi connectivity index (χ3v) is 5.47. The number of benzene rings is 1. The lowest BCUT2D eigenvalue weighted by Crippen LogP contribution is -2.22. The minimum absolute atomic E-state index is 0.0552. The number of ether oxygens (including phenoxy) is 1. The number of nitrogens with one attached hydrogen (secondary N) is 1. The Labute approximate surface area is 160 Å². The van der Waals surface area contributed by atoms with E-state index < -0.39 is 0 Å². The van der Waals surface area contributed by atoms with E-state index in [1.54, 1.807) is 43.5 Å². The summed E-state index contributed by atoms with van der Waals surface area (Å²) < 4.78 is 5.61. The molecular weight excluding hydrogens is 372 g/mol. The number of ketones is 1. The molecule has 8 heteroatoms. The second kappa shape index (κ2) is 9.49. The normalized spacial score (nSPS) is 11.7. The Morgan fingerprint density at radius 2 is 2.12 bits per heavy atom. The second-order valence-corrected chi connectivity index (χ2v) is 7.92. The van der Waals surface area contributed by atoms with E-state index in [1.807, 2.05) is 0 Å². The van der Waals surface area contributed by atoms with E-state index in [4.69, 9.17) is 4.74 Å². The molecule has 0 spiro atoms. The van der Waals surface area contributed by atoms with Gasteiger partial charge in [-0.25, -0.2) is 4.98 Å². The van der Waals surface area contributed by atoms with Crippen molar-refractivity contribution in [2.45, 2.75) is 36.8 Å². The van der Waals surface area contributed by atoms with Crippen LogP contribution >= 0.6 is 23.1 Å². The first-order valence-corrected chi connectivity index (χ1v) is 9.83. The lowest BCUT2D eigenvalue weighted by Gasteiger charge is -2.11. The Morgan fingerprint density at radius 3 is 2.81 bits per heavy atom. The highest BCUT2D eigenvalue weighted by Crippen LogP contribution is 2.28. The number of hydrogen-bond donors (Lipinski definition) is 1. The van der Waals surface area contributed by atoms with Gasteiger partial charge in [-0.2, -0.15) is 0 Å². The van der Waals surface area contributed by atoms with Crippen molar-refractivity contribution in [3.8, 4) is 0 Å². The van der Waals surface area contributed by atoms with Gasteiger partial charge in [0.25, 0.3) is 0 Å². The number of thiazole rings is 1. The Morgan fingerprint density at radius 1 is 1.35 bits per heavy atom. The van der Waals surface area contributed by atoms with Crippen LogP contribution in [0.1, 0.15) is 36.8 Å². The van der Waals surface area contributed by atoms with Crippen LogP contribution in [-0.2, 0) is 20.7 Å². The number of esters is 1. The number of carbonyl (C=O) groups excluding carboxylic acids is 3. The number of rotatable bonds is 8. The third-order valence-electron chi connectivity index (χ3n) is 3.34. The lowest BCUT2D eigenvalue weighted by atomic mass is 10.1. The van der Waals surface area contributed by atoms with E-state index in [2.05, 4.69) is 10.3 Å². The van der Waals surface area contributed by atoms with Crippen molar-refractivity contribution in [1.82, 2.24) is 4.98 Å². The van der Waals surface area contributed by atoms with Crippen LogP contribution in [0, 0.1) is 0 Å². The fourth-order valence-electron chi connectivity index (χ4n) is 2.05. The molecule has 2 aromatic rings. The van der Waals surface area contributed by atoms with Gasteiger partial charge in [-0.05, 0) is 32.9 Å². The third kappa shape index (κ3) is 5.96. The molecule has 0 bridgehead atoms. The molecule has 1 aromatic heterocycles. The molecule has 0 aliphatic heterocycles. The van der Waals surface area contributed by atoms with Gasteiger partial charge in [0, 0.05) is 16.6 Å². The highest BCUT2D eigenvalue weighted by Gasteiger charge is 2.17. The standard InChI is InChI=1S/C18H20N2O4S2/c1-4-24-16(22)9-15-10-25-18(20-15)26-12(3)17(23)19-14-7-5-6-13(8-14)11(2)21/h5-8,10,12H,4,9H2,1-3H3,(H,19,23)/t12-/m1/s1. The van der Waals surface area contributed by atoms with Gasteiger partial charge < -0.3 is 10.1 Å². The molecule has 138 valence electrons. The molecule has 1 heterocycles. The summed E-state index contributed by atoms with van der Waals surface area (Å²) in [7, 11) is 0. The number of Topliss-reactive ketones (excluding diaryl/α,β-unsaturated/α-hetero) is 1. The molecule has 0 fully saturated rings. The smallest absolute Gasteiger partial charge is 0.311 e. The summed E-state index contributed by atoms with van der Waals surface area (Å²) in [5.41, 5.74) is 1.77. The highest BCUT2D eigenvalue weighted by molar-refractivity contribution is 8.02. The van der Waals surface area contributed by atoms with Gasteiger partial charge in [-0.1, -0.05) is 23.9 Å². The number of carbonyl (C=O) groups is 3. The first-order chi connectivity index (χ1) is 12.4. The Balaban J connectivity index is 1.93. The van der Waals surface area contributed by atoms with Crippen molar-refractivity contribution >= 4 is 46.4 Å². The molecule has 0 saturated heterocycles. The van der Waals surface area contributed by atoms with E-state index >= 15 is 0 Å². The van der Waals surface area contributed by atoms with Gasteiger partial charge in [0.2, 0.25) is 5.91 Å². The molecular formula is C18H20N2O4S2. The molecule has 26 heavy (non-hydrogen) atoms. The van der Waals surface area contributed by atoms with Crippen molar-refractivity contribution in [2.75, 3.05) is 11.9 Å². The Bertz CT molecular complexity index is 804. The molecule has 2 rings (SSSR count). The van der Waals surface area contributed by atoms with Crippen LogP contribution in [0.15, 0.2) is 34.0 Å². The van der Waals surface area contributed by atoms with E-state index in [1.165, 1.54) is 30.0 Å². The lowest BCUT2D eigenvalue weighted by molar-refractivity contribution is -0.142. The van der Waals surface area contributed by atoms with Crippen LogP contribution in [0.4, 0.5) is 5.69 Å². The van der Waals surface area contributed by atoms with Gasteiger partial charge in [0.1, 0.15) is 0 Å². The quantitative estimate of drug-likeness (QED) is 0.420. The zero-order valence-corrected chi connectivity index (χ0v) is 16.4. The fraction of sp³-hybridized carbons (Fsp3) is 0.333. The molecule has 0 aliphatic carbocycles. The summed E-state index contributed by atoms with van der Waals surface area (Å²) in [6, 6.07) is 6.82. The van der Waals surface area contributed by atoms with Crippen LogP contribution in [0.2, 0.25) is 0 Å². The minimum Gasteiger partial charge on any atom is -0.466 e. The van der Waals surface area contributed by atoms with Crippen LogP contribution < -0.4 is 5.32 Å². The largest absolute Gasteiger partial charge is 0.466 e. The number of nitrogens with zero attached hydrogens (tertiary/aromatic N) is 1. The average Bonchev–Trinajstić information content (AvgIpc) is 3.02. The predicted octanol–water partition coefficient (Wildman–Crippen LogP) is 3.57. The maximum atomic E-state index is 12.4. The summed E-state index contributed by atoms with van der Waals surface area (Å²) >= 11 is 2.71. The number of hydrogen-bond acceptors (Lipinski definition) is 7. The average molecular weight is 393 g/mol. The molecule has 0 radical (unpaired) electrons. The minimum atomic E-state index is -0.377. The molecule has 1 aromatic carbocycles. The van der Waals surface area contributed by atoms with E-state index in [0.717, 1.165) is 0 Å². The van der Waals surface area contributed by atoms with Gasteiger partial charge in [-0.15, -0.1) is 11.3 Å². The number of aromatic nitrogens is 1. The molecule has 6 nitrogen and oxygen atoms in total. The molecule has 1 amide bonds. The number of amides is 1. The zero-order valence-electron chi connectivity index (χ0n) is 14.8. The van der Waals surface area contributed by atoms with Crippen LogP contribution in [0.3, 0.4) is 0 Å². The predicted molar refractivity (Wildman–Crippen MR) is 103 cm³/mol. The summed E-state index contributed by atoms with van der Waals surface area (Å²) in [5.74, 6) is -0.552. The summed E-state index contributed by atoms with van der Waals surface area (Å²) in [4.78, 5) is 39.6. The van der Waals surface area contributed by atoms with Crippen molar-refractivity contribution in [3.05, 3.63) is 40.9 Å². The van der Waals surface area contributed by atoms with E-state index in [9.17, 15) is 14.4 Å². The van der Waals surface area contributed by atoms with Gasteiger partial charge in [0.15, 0.2) is 10.1 Å². The zero-order chi connectivity index (χ0) is 19.1. The summed E-state index contributed by atoms with van der Waals surface area (Å²) in [5, 5.41) is 4.22. The maximum Gasteiger partial charge on any atom is 0.311 e. The molecule has 0 unspecified atom stereocenters. The van der Waals surface area contributed by atoms with Gasteiger partial charge >= 0.3 is 5.97 Å². The van der Waals surface area contributed by atoms with Crippen molar-refractivity contribution in [2.24, 2.45) is 0 Å². The Kier molecular flexibility index (Phi) is 7.35.